The number of aromatic nitrogens is 2. The van der Waals surface area contributed by atoms with Crippen molar-refractivity contribution < 1.29 is 4.79 Å². The van der Waals surface area contributed by atoms with Gasteiger partial charge in [-0.05, 0) is 18.1 Å². The van der Waals surface area contributed by atoms with Crippen LogP contribution in [0, 0.1) is 0 Å². The topological polar surface area (TPSA) is 34.9 Å². The molecule has 0 bridgehead atoms. The summed E-state index contributed by atoms with van der Waals surface area (Å²) in [7, 11) is 0. The maximum atomic E-state index is 11.4. The Hall–Kier alpha value is -1.61. The first-order chi connectivity index (χ1) is 8.74. The number of rotatable bonds is 2. The fourth-order valence-electron chi connectivity index (χ4n) is 2.37. The number of benzene rings is 1. The van der Waals surface area contributed by atoms with Crippen LogP contribution in [0.1, 0.15) is 23.2 Å². The summed E-state index contributed by atoms with van der Waals surface area (Å²) in [5, 5.41) is 5.13. The molecule has 0 atom stereocenters. The highest BCUT2D eigenvalue weighted by Gasteiger charge is 2.20. The van der Waals surface area contributed by atoms with E-state index in [4.69, 9.17) is 11.6 Å². The lowest BCUT2D eigenvalue weighted by atomic mass is 9.97. The molecule has 18 heavy (non-hydrogen) atoms. The van der Waals surface area contributed by atoms with Gasteiger partial charge < -0.3 is 0 Å². The van der Waals surface area contributed by atoms with Gasteiger partial charge in [0.05, 0.1) is 12.7 Å². The van der Waals surface area contributed by atoms with Gasteiger partial charge in [-0.1, -0.05) is 29.8 Å². The third kappa shape index (κ3) is 2.06. The molecular formula is C14H13ClN2O. The van der Waals surface area contributed by atoms with E-state index in [0.717, 1.165) is 22.6 Å². The Morgan fingerprint density at radius 1 is 1.28 bits per heavy atom. The minimum atomic E-state index is 0.305. The monoisotopic (exact) mass is 260 g/mol. The van der Waals surface area contributed by atoms with E-state index in [1.54, 1.807) is 0 Å². The molecule has 1 heterocycles. The van der Waals surface area contributed by atoms with Crippen LogP contribution in [0.3, 0.4) is 0 Å². The number of nitrogens with zero attached hydrogens (tertiary/aromatic N) is 2. The summed E-state index contributed by atoms with van der Waals surface area (Å²) in [6.07, 6.45) is 3.75. The predicted octanol–water partition coefficient (Wildman–Crippen LogP) is 2.64. The van der Waals surface area contributed by atoms with E-state index in [1.165, 1.54) is 5.69 Å². The Labute approximate surface area is 110 Å². The zero-order valence-electron chi connectivity index (χ0n) is 9.90. The Balaban J connectivity index is 1.91. The number of carbonyl (C=O) groups excluding carboxylic acids is 1. The first-order valence-electron chi connectivity index (χ1n) is 6.02. The Morgan fingerprint density at radius 2 is 2.11 bits per heavy atom. The fourth-order valence-corrected chi connectivity index (χ4v) is 2.56. The lowest BCUT2D eigenvalue weighted by molar-refractivity contribution is -0.118. The molecule has 4 heteroatoms. The van der Waals surface area contributed by atoms with Crippen molar-refractivity contribution in [1.82, 2.24) is 9.78 Å². The normalized spacial score (nSPS) is 14.6. The summed E-state index contributed by atoms with van der Waals surface area (Å²) in [4.78, 5) is 11.4. The summed E-state index contributed by atoms with van der Waals surface area (Å²) < 4.78 is 1.96. The van der Waals surface area contributed by atoms with E-state index in [9.17, 15) is 4.79 Å². The average molecular weight is 261 g/mol. The SMILES string of the molecule is O=C1CCc2c(cnn2Cc2ccccc2Cl)C1. The highest BCUT2D eigenvalue weighted by Crippen LogP contribution is 2.22. The second-order valence-electron chi connectivity index (χ2n) is 4.58. The van der Waals surface area contributed by atoms with Crippen molar-refractivity contribution in [3.05, 3.63) is 52.3 Å². The molecular weight excluding hydrogens is 248 g/mol. The van der Waals surface area contributed by atoms with Crippen LogP contribution in [0.4, 0.5) is 0 Å². The summed E-state index contributed by atoms with van der Waals surface area (Å²) in [5.74, 6) is 0.305. The van der Waals surface area contributed by atoms with Crippen LogP contribution in [0.2, 0.25) is 5.02 Å². The molecule has 1 aliphatic rings. The van der Waals surface area contributed by atoms with Crippen molar-refractivity contribution in [3.63, 3.8) is 0 Å². The molecule has 0 spiro atoms. The van der Waals surface area contributed by atoms with Gasteiger partial charge in [0.25, 0.3) is 0 Å². The van der Waals surface area contributed by atoms with Crippen LogP contribution >= 0.6 is 11.6 Å². The average Bonchev–Trinajstić information content (AvgIpc) is 2.74. The number of halogens is 1. The molecule has 0 amide bonds. The summed E-state index contributed by atoms with van der Waals surface area (Å²) in [6, 6.07) is 7.78. The maximum absolute atomic E-state index is 11.4. The van der Waals surface area contributed by atoms with Crippen molar-refractivity contribution in [2.75, 3.05) is 0 Å². The summed E-state index contributed by atoms with van der Waals surface area (Å²) in [5.41, 5.74) is 3.30. The van der Waals surface area contributed by atoms with Gasteiger partial charge in [0.1, 0.15) is 5.78 Å². The van der Waals surface area contributed by atoms with Crippen molar-refractivity contribution >= 4 is 17.4 Å². The van der Waals surface area contributed by atoms with Crippen LogP contribution in [0.15, 0.2) is 30.5 Å². The van der Waals surface area contributed by atoms with Gasteiger partial charge in [-0.25, -0.2) is 0 Å². The van der Waals surface area contributed by atoms with Crippen molar-refractivity contribution in [2.24, 2.45) is 0 Å². The van der Waals surface area contributed by atoms with Crippen LogP contribution in [-0.2, 0) is 24.2 Å². The maximum Gasteiger partial charge on any atom is 0.137 e. The second kappa shape index (κ2) is 4.58. The fraction of sp³-hybridized carbons (Fsp3) is 0.286. The largest absolute Gasteiger partial charge is 0.299 e. The predicted molar refractivity (Wildman–Crippen MR) is 69.8 cm³/mol. The first kappa shape index (κ1) is 11.5. The number of hydrogen-bond acceptors (Lipinski definition) is 2. The Morgan fingerprint density at radius 3 is 2.94 bits per heavy atom. The molecule has 0 saturated carbocycles. The number of carbonyl (C=O) groups is 1. The molecule has 3 nitrogen and oxygen atoms in total. The zero-order valence-corrected chi connectivity index (χ0v) is 10.7. The van der Waals surface area contributed by atoms with E-state index in [-0.39, 0.29) is 0 Å². The smallest absolute Gasteiger partial charge is 0.137 e. The minimum absolute atomic E-state index is 0.305. The van der Waals surface area contributed by atoms with Gasteiger partial charge in [-0.2, -0.15) is 5.10 Å². The van der Waals surface area contributed by atoms with Crippen LogP contribution < -0.4 is 0 Å². The summed E-state index contributed by atoms with van der Waals surface area (Å²) >= 11 is 6.15. The van der Waals surface area contributed by atoms with E-state index < -0.39 is 0 Å². The molecule has 0 saturated heterocycles. The van der Waals surface area contributed by atoms with E-state index in [0.29, 0.717) is 25.2 Å². The standard InChI is InChI=1S/C14H13ClN2O/c15-13-4-2-1-3-10(13)9-17-14-6-5-12(18)7-11(14)8-16-17/h1-4,8H,5-7,9H2. The van der Waals surface area contributed by atoms with Crippen molar-refractivity contribution in [2.45, 2.75) is 25.8 Å². The van der Waals surface area contributed by atoms with Gasteiger partial charge in [0, 0.05) is 29.1 Å². The van der Waals surface area contributed by atoms with Crippen LogP contribution in [0.25, 0.3) is 0 Å². The van der Waals surface area contributed by atoms with Crippen molar-refractivity contribution in [3.8, 4) is 0 Å². The van der Waals surface area contributed by atoms with Gasteiger partial charge in [-0.15, -0.1) is 0 Å². The van der Waals surface area contributed by atoms with Gasteiger partial charge >= 0.3 is 0 Å². The zero-order chi connectivity index (χ0) is 12.5. The lowest BCUT2D eigenvalue weighted by Crippen LogP contribution is -2.16. The highest BCUT2D eigenvalue weighted by molar-refractivity contribution is 6.31. The minimum Gasteiger partial charge on any atom is -0.299 e. The van der Waals surface area contributed by atoms with Crippen LogP contribution in [0.5, 0.6) is 0 Å². The quantitative estimate of drug-likeness (QED) is 0.832. The van der Waals surface area contributed by atoms with E-state index in [1.807, 2.05) is 35.1 Å². The highest BCUT2D eigenvalue weighted by atomic mass is 35.5. The first-order valence-corrected chi connectivity index (χ1v) is 6.40. The lowest BCUT2D eigenvalue weighted by Gasteiger charge is -2.13. The van der Waals surface area contributed by atoms with E-state index >= 15 is 0 Å². The van der Waals surface area contributed by atoms with E-state index in [2.05, 4.69) is 5.10 Å². The molecule has 2 aromatic rings. The molecule has 1 aromatic heterocycles. The molecule has 0 N–H and O–H groups in total. The number of fused-ring (bicyclic) bond motifs is 1. The molecule has 3 rings (SSSR count). The number of hydrogen-bond donors (Lipinski definition) is 0. The Kier molecular flexibility index (Phi) is 2.92. The molecule has 1 aliphatic carbocycles. The molecule has 0 radical (unpaired) electrons. The molecule has 0 unspecified atom stereocenters. The van der Waals surface area contributed by atoms with Gasteiger partial charge in [0.15, 0.2) is 0 Å². The Bertz CT molecular complexity index is 604. The third-order valence-electron chi connectivity index (χ3n) is 3.34. The number of ketones is 1. The van der Waals surface area contributed by atoms with Crippen molar-refractivity contribution in [1.29, 1.82) is 0 Å². The second-order valence-corrected chi connectivity index (χ2v) is 4.99. The number of Topliss-reactive ketones (excluding diaryl/α,β-unsaturated/α-hetero) is 1. The van der Waals surface area contributed by atoms with Gasteiger partial charge in [-0.3, -0.25) is 9.48 Å². The van der Waals surface area contributed by atoms with Crippen LogP contribution in [-0.4, -0.2) is 15.6 Å². The molecule has 0 fully saturated rings. The molecule has 0 aliphatic heterocycles. The molecule has 92 valence electrons. The van der Waals surface area contributed by atoms with Gasteiger partial charge in [0.2, 0.25) is 0 Å². The summed E-state index contributed by atoms with van der Waals surface area (Å²) in [6.45, 7) is 0.670. The molecule has 1 aromatic carbocycles. The third-order valence-corrected chi connectivity index (χ3v) is 3.71.